The van der Waals surface area contributed by atoms with E-state index in [1.54, 1.807) is 19.1 Å². The van der Waals surface area contributed by atoms with Gasteiger partial charge in [-0.05, 0) is 36.6 Å². The van der Waals surface area contributed by atoms with Gasteiger partial charge in [-0.2, -0.15) is 0 Å². The van der Waals surface area contributed by atoms with Gasteiger partial charge >= 0.3 is 17.9 Å². The number of carbonyl (C=O) groups excluding carboxylic acids is 4. The monoisotopic (exact) mass is 487 g/mol. The van der Waals surface area contributed by atoms with Crippen molar-refractivity contribution < 1.29 is 38.9 Å². The first-order valence-corrected chi connectivity index (χ1v) is 10.9. The van der Waals surface area contributed by atoms with E-state index >= 15 is 0 Å². The molecule has 0 aromatic heterocycles. The second-order valence-corrected chi connectivity index (χ2v) is 8.26. The van der Waals surface area contributed by atoms with Crippen LogP contribution in [0.1, 0.15) is 77.2 Å². The molecule has 9 heteroatoms. The Kier molecular flexibility index (Phi) is 14.3. The number of hydrogen-bond acceptors (Lipinski definition) is 8. The summed E-state index contributed by atoms with van der Waals surface area (Å²) < 4.78 is 4.01. The molecular formula is C26H33NO8. The van der Waals surface area contributed by atoms with Crippen molar-refractivity contribution in [3.05, 3.63) is 70.8 Å². The van der Waals surface area contributed by atoms with Crippen LogP contribution in [-0.2, 0) is 14.3 Å². The van der Waals surface area contributed by atoms with Crippen LogP contribution in [0.3, 0.4) is 0 Å². The lowest BCUT2D eigenvalue weighted by molar-refractivity contribution is -0.160. The molecule has 2 atom stereocenters. The zero-order chi connectivity index (χ0) is 27.1. The van der Waals surface area contributed by atoms with Crippen LogP contribution in [0.15, 0.2) is 48.5 Å². The number of carboxylic acid groups (broad SMARTS) is 1. The molecule has 0 fully saturated rings. The van der Waals surface area contributed by atoms with Gasteiger partial charge in [-0.25, -0.2) is 14.4 Å². The molecule has 190 valence electrons. The van der Waals surface area contributed by atoms with E-state index in [0.29, 0.717) is 29.4 Å². The maximum Gasteiger partial charge on any atom is 0.425 e. The van der Waals surface area contributed by atoms with E-state index in [1.165, 1.54) is 24.3 Å². The number of aliphatic carboxylic acids is 1. The SMILES string of the molecule is CC(C)C(c1ccc(C=O)cc1)C(C)O.CC(C)N.O=Cc1ccc(C(=O)OC(=O)C(=O)O)cc1. The predicted molar refractivity (Wildman–Crippen MR) is 130 cm³/mol. The van der Waals surface area contributed by atoms with Crippen molar-refractivity contribution in [3.63, 3.8) is 0 Å². The highest BCUT2D eigenvalue weighted by atomic mass is 16.6. The van der Waals surface area contributed by atoms with E-state index < -0.39 is 17.9 Å². The van der Waals surface area contributed by atoms with Gasteiger partial charge in [0.25, 0.3) is 0 Å². The zero-order valence-corrected chi connectivity index (χ0v) is 20.5. The van der Waals surface area contributed by atoms with Crippen LogP contribution in [0.5, 0.6) is 0 Å². The number of rotatable bonds is 6. The van der Waals surface area contributed by atoms with Crippen LogP contribution in [0.25, 0.3) is 0 Å². The maximum absolute atomic E-state index is 11.2. The van der Waals surface area contributed by atoms with E-state index in [4.69, 9.17) is 10.8 Å². The van der Waals surface area contributed by atoms with Gasteiger partial charge in [0.1, 0.15) is 12.6 Å². The van der Waals surface area contributed by atoms with Crippen molar-refractivity contribution in [2.24, 2.45) is 11.7 Å². The summed E-state index contributed by atoms with van der Waals surface area (Å²) in [5.74, 6) is -4.06. The Morgan fingerprint density at radius 3 is 1.54 bits per heavy atom. The summed E-state index contributed by atoms with van der Waals surface area (Å²) in [7, 11) is 0. The molecule has 4 N–H and O–H groups in total. The number of esters is 2. The molecule has 2 aromatic rings. The molecule has 2 rings (SSSR count). The highest BCUT2D eigenvalue weighted by Crippen LogP contribution is 2.27. The third-order valence-corrected chi connectivity index (χ3v) is 4.34. The van der Waals surface area contributed by atoms with Gasteiger partial charge in [0.15, 0.2) is 0 Å². The number of aldehydes is 2. The van der Waals surface area contributed by atoms with Gasteiger partial charge in [0, 0.05) is 17.0 Å². The van der Waals surface area contributed by atoms with Crippen LogP contribution >= 0.6 is 0 Å². The molecular weight excluding hydrogens is 454 g/mol. The first-order valence-electron chi connectivity index (χ1n) is 10.9. The second-order valence-electron chi connectivity index (χ2n) is 8.26. The Labute approximate surface area is 204 Å². The molecule has 0 radical (unpaired) electrons. The maximum atomic E-state index is 11.2. The Morgan fingerprint density at radius 2 is 1.23 bits per heavy atom. The van der Waals surface area contributed by atoms with E-state index in [0.717, 1.165) is 11.8 Å². The third-order valence-electron chi connectivity index (χ3n) is 4.34. The van der Waals surface area contributed by atoms with Crippen molar-refractivity contribution in [3.8, 4) is 0 Å². The quantitative estimate of drug-likeness (QED) is 0.240. The summed E-state index contributed by atoms with van der Waals surface area (Å²) in [6.45, 7) is 9.87. The van der Waals surface area contributed by atoms with Crippen molar-refractivity contribution >= 4 is 30.5 Å². The highest BCUT2D eigenvalue weighted by molar-refractivity contribution is 6.31. The van der Waals surface area contributed by atoms with Crippen molar-refractivity contribution in [2.75, 3.05) is 0 Å². The lowest BCUT2D eigenvalue weighted by Crippen LogP contribution is -2.20. The second kappa shape index (κ2) is 16.0. The zero-order valence-electron chi connectivity index (χ0n) is 20.5. The van der Waals surface area contributed by atoms with Crippen molar-refractivity contribution in [1.29, 1.82) is 0 Å². The molecule has 0 spiro atoms. The topological polar surface area (TPSA) is 161 Å². The molecule has 0 aliphatic rings. The number of aliphatic hydroxyl groups excluding tert-OH is 1. The summed E-state index contributed by atoms with van der Waals surface area (Å²) in [4.78, 5) is 52.6. The van der Waals surface area contributed by atoms with Crippen LogP contribution in [0.2, 0.25) is 0 Å². The van der Waals surface area contributed by atoms with Crippen LogP contribution in [0, 0.1) is 5.92 Å². The number of carboxylic acids is 1. The molecule has 0 aliphatic heterocycles. The molecule has 0 bridgehead atoms. The van der Waals surface area contributed by atoms with Crippen molar-refractivity contribution in [2.45, 2.75) is 52.7 Å². The Balaban J connectivity index is 0.000000574. The summed E-state index contributed by atoms with van der Waals surface area (Å²) in [5.41, 5.74) is 7.21. The Hall–Kier alpha value is -3.69. The number of nitrogens with two attached hydrogens (primary N) is 1. The molecule has 9 nitrogen and oxygen atoms in total. The first kappa shape index (κ1) is 31.3. The fourth-order valence-electron chi connectivity index (χ4n) is 2.90. The number of hydrogen-bond donors (Lipinski definition) is 3. The summed E-state index contributed by atoms with van der Waals surface area (Å²) in [5, 5.41) is 17.9. The smallest absolute Gasteiger partial charge is 0.425 e. The van der Waals surface area contributed by atoms with E-state index in [1.807, 2.05) is 26.0 Å². The number of aliphatic hydroxyl groups is 1. The standard InChI is InChI=1S/C13H18O2.C10H6O6.C3H9N/c1-9(2)13(10(3)15)12-6-4-11(8-14)5-7-12;11-5-6-1-3-7(4-2-6)9(14)16-10(15)8(12)13;1-3(2)4/h4-10,13,15H,1-3H3;1-5H,(H,12,13);3H,4H2,1-2H3. The van der Waals surface area contributed by atoms with Crippen LogP contribution in [-0.4, -0.2) is 52.8 Å². The number of carbonyl (C=O) groups is 5. The highest BCUT2D eigenvalue weighted by Gasteiger charge is 2.21. The van der Waals surface area contributed by atoms with Gasteiger partial charge in [0.2, 0.25) is 0 Å². The minimum atomic E-state index is -1.85. The minimum Gasteiger partial charge on any atom is -0.473 e. The van der Waals surface area contributed by atoms with Gasteiger partial charge in [-0.3, -0.25) is 9.59 Å². The van der Waals surface area contributed by atoms with Crippen molar-refractivity contribution in [1.82, 2.24) is 0 Å². The molecule has 0 amide bonds. The molecule has 35 heavy (non-hydrogen) atoms. The normalized spacial score (nSPS) is 11.7. The molecule has 2 unspecified atom stereocenters. The minimum absolute atomic E-state index is 0.0137. The molecule has 0 saturated heterocycles. The van der Waals surface area contributed by atoms with Crippen LogP contribution in [0.4, 0.5) is 0 Å². The van der Waals surface area contributed by atoms with Gasteiger partial charge in [-0.1, -0.05) is 64.1 Å². The van der Waals surface area contributed by atoms with Gasteiger partial charge < -0.3 is 20.7 Å². The van der Waals surface area contributed by atoms with E-state index in [9.17, 15) is 29.1 Å². The summed E-state index contributed by atoms with van der Waals surface area (Å²) in [6, 6.07) is 12.9. The van der Waals surface area contributed by atoms with Gasteiger partial charge in [0.05, 0.1) is 11.7 Å². The molecule has 0 heterocycles. The fraction of sp³-hybridized carbons (Fsp3) is 0.346. The molecule has 0 aliphatic carbocycles. The Morgan fingerprint density at radius 1 is 0.829 bits per heavy atom. The number of benzene rings is 2. The lowest BCUT2D eigenvalue weighted by Gasteiger charge is -2.24. The molecule has 0 saturated carbocycles. The average molecular weight is 488 g/mol. The first-order chi connectivity index (χ1) is 16.3. The predicted octanol–water partition coefficient (Wildman–Crippen LogP) is 3.24. The molecule has 2 aromatic carbocycles. The van der Waals surface area contributed by atoms with Crippen LogP contribution < -0.4 is 5.73 Å². The number of ether oxygens (including phenoxy) is 1. The largest absolute Gasteiger partial charge is 0.473 e. The van der Waals surface area contributed by atoms with E-state index in [2.05, 4.69) is 18.6 Å². The lowest BCUT2D eigenvalue weighted by atomic mass is 9.84. The Bertz CT molecular complexity index is 953. The third kappa shape index (κ3) is 12.4. The van der Waals surface area contributed by atoms with E-state index in [-0.39, 0.29) is 17.6 Å². The average Bonchev–Trinajstić information content (AvgIpc) is 2.79. The summed E-state index contributed by atoms with van der Waals surface area (Å²) in [6.07, 6.45) is 1.04. The fourth-order valence-corrected chi connectivity index (χ4v) is 2.90. The van der Waals surface area contributed by atoms with Gasteiger partial charge in [-0.15, -0.1) is 0 Å². The summed E-state index contributed by atoms with van der Waals surface area (Å²) >= 11 is 0.